The van der Waals surface area contributed by atoms with Gasteiger partial charge in [0.05, 0.1) is 18.2 Å². The molecule has 3 aliphatic rings. The van der Waals surface area contributed by atoms with E-state index < -0.39 is 15.9 Å². The summed E-state index contributed by atoms with van der Waals surface area (Å²) in [5, 5.41) is 0. The van der Waals surface area contributed by atoms with Gasteiger partial charge in [0.1, 0.15) is 4.90 Å². The lowest BCUT2D eigenvalue weighted by molar-refractivity contribution is -0.149. The molecule has 0 unspecified atom stereocenters. The molecule has 1 atom stereocenters. The summed E-state index contributed by atoms with van der Waals surface area (Å²) < 4.78 is 34.3. The van der Waals surface area contributed by atoms with E-state index in [1.807, 2.05) is 6.07 Å². The Hall–Kier alpha value is -1.45. The molecule has 1 saturated heterocycles. The van der Waals surface area contributed by atoms with Gasteiger partial charge in [0.25, 0.3) is 0 Å². The maximum Gasteiger partial charge on any atom is 0.310 e. The van der Waals surface area contributed by atoms with E-state index in [1.165, 1.54) is 4.31 Å². The van der Waals surface area contributed by atoms with Crippen LogP contribution in [-0.2, 0) is 30.8 Å². The summed E-state index contributed by atoms with van der Waals surface area (Å²) >= 11 is 3.43. The molecule has 0 radical (unpaired) electrons. The van der Waals surface area contributed by atoms with Crippen molar-refractivity contribution in [2.24, 2.45) is 11.8 Å². The molecular formula is C20H25BrN2O5S. The normalized spacial score (nSPS) is 22.4. The van der Waals surface area contributed by atoms with Crippen molar-refractivity contribution in [3.05, 3.63) is 22.2 Å². The molecule has 158 valence electrons. The second-order valence-corrected chi connectivity index (χ2v) is 10.7. The van der Waals surface area contributed by atoms with E-state index in [-0.39, 0.29) is 35.8 Å². The molecular weight excluding hydrogens is 460 g/mol. The van der Waals surface area contributed by atoms with Crippen LogP contribution in [0.25, 0.3) is 0 Å². The number of hydrogen-bond acceptors (Lipinski definition) is 5. The molecule has 0 spiro atoms. The summed E-state index contributed by atoms with van der Waals surface area (Å²) in [6.07, 6.45) is 3.60. The van der Waals surface area contributed by atoms with Crippen LogP contribution < -0.4 is 4.90 Å². The summed E-state index contributed by atoms with van der Waals surface area (Å²) in [4.78, 5) is 26.7. The first-order valence-electron chi connectivity index (χ1n) is 10.1. The summed E-state index contributed by atoms with van der Waals surface area (Å²) in [6.45, 7) is 3.00. The minimum absolute atomic E-state index is 0.0170. The molecule has 4 rings (SSSR count). The number of esters is 1. The van der Waals surface area contributed by atoms with Gasteiger partial charge in [0.2, 0.25) is 15.9 Å². The first-order valence-corrected chi connectivity index (χ1v) is 12.4. The minimum Gasteiger partial charge on any atom is -0.466 e. The highest BCUT2D eigenvalue weighted by atomic mass is 79.9. The van der Waals surface area contributed by atoms with Crippen molar-refractivity contribution >= 4 is 43.5 Å². The van der Waals surface area contributed by atoms with Gasteiger partial charge < -0.3 is 9.64 Å². The van der Waals surface area contributed by atoms with Crippen molar-refractivity contribution < 1.29 is 22.7 Å². The average molecular weight is 485 g/mol. The van der Waals surface area contributed by atoms with Crippen molar-refractivity contribution in [2.45, 2.75) is 43.9 Å². The lowest BCUT2D eigenvalue weighted by Crippen LogP contribution is -2.43. The van der Waals surface area contributed by atoms with Gasteiger partial charge >= 0.3 is 5.97 Å². The SMILES string of the molecule is CCOC(=O)[C@H]1CCCN(S(=O)(=O)c2cc(Br)cc3c2N(C(=O)C2CC2)CC3)C1. The van der Waals surface area contributed by atoms with Crippen LogP contribution in [-0.4, -0.2) is 50.8 Å². The Morgan fingerprint density at radius 3 is 2.62 bits per heavy atom. The van der Waals surface area contributed by atoms with Gasteiger partial charge in [0.15, 0.2) is 0 Å². The number of hydrogen-bond donors (Lipinski definition) is 0. The molecule has 1 aliphatic carbocycles. The highest BCUT2D eigenvalue weighted by Crippen LogP contribution is 2.42. The van der Waals surface area contributed by atoms with Crippen LogP contribution in [0, 0.1) is 11.8 Å². The molecule has 1 aromatic rings. The molecule has 29 heavy (non-hydrogen) atoms. The predicted molar refractivity (Wildman–Crippen MR) is 111 cm³/mol. The van der Waals surface area contributed by atoms with E-state index in [0.717, 1.165) is 18.4 Å². The molecule has 2 aliphatic heterocycles. The fourth-order valence-electron chi connectivity index (χ4n) is 4.19. The number of rotatable bonds is 5. The second-order valence-electron chi connectivity index (χ2n) is 7.88. The van der Waals surface area contributed by atoms with E-state index in [1.54, 1.807) is 17.9 Å². The van der Waals surface area contributed by atoms with Crippen molar-refractivity contribution in [3.63, 3.8) is 0 Å². The summed E-state index contributed by atoms with van der Waals surface area (Å²) in [5.41, 5.74) is 1.38. The lowest BCUT2D eigenvalue weighted by atomic mass is 10.0. The van der Waals surface area contributed by atoms with Crippen LogP contribution in [0.2, 0.25) is 0 Å². The maximum absolute atomic E-state index is 13.6. The number of carbonyl (C=O) groups excluding carboxylic acids is 2. The molecule has 1 aromatic carbocycles. The summed E-state index contributed by atoms with van der Waals surface area (Å²) in [6, 6.07) is 3.48. The second kappa shape index (κ2) is 8.00. The van der Waals surface area contributed by atoms with E-state index >= 15 is 0 Å². The van der Waals surface area contributed by atoms with Gasteiger partial charge in [-0.15, -0.1) is 0 Å². The largest absolute Gasteiger partial charge is 0.466 e. The zero-order valence-corrected chi connectivity index (χ0v) is 18.8. The third-order valence-corrected chi connectivity index (χ3v) is 8.14. The Morgan fingerprint density at radius 1 is 1.17 bits per heavy atom. The summed E-state index contributed by atoms with van der Waals surface area (Å²) in [5.74, 6) is -0.769. The highest BCUT2D eigenvalue weighted by molar-refractivity contribution is 9.10. The number of anilines is 1. The van der Waals surface area contributed by atoms with Crippen LogP contribution in [0.5, 0.6) is 0 Å². The maximum atomic E-state index is 13.6. The lowest BCUT2D eigenvalue weighted by Gasteiger charge is -2.32. The first kappa shape index (κ1) is 20.8. The van der Waals surface area contributed by atoms with Crippen LogP contribution >= 0.6 is 15.9 Å². The van der Waals surface area contributed by atoms with Crippen molar-refractivity contribution in [2.75, 3.05) is 31.1 Å². The number of fused-ring (bicyclic) bond motifs is 1. The van der Waals surface area contributed by atoms with Crippen molar-refractivity contribution in [1.82, 2.24) is 4.31 Å². The van der Waals surface area contributed by atoms with E-state index in [9.17, 15) is 18.0 Å². The van der Waals surface area contributed by atoms with Crippen LogP contribution in [0.15, 0.2) is 21.5 Å². The van der Waals surface area contributed by atoms with Crippen molar-refractivity contribution in [3.8, 4) is 0 Å². The molecule has 0 N–H and O–H groups in total. The number of halogens is 1. The Kier molecular flexibility index (Phi) is 5.74. The topological polar surface area (TPSA) is 84.0 Å². The number of benzene rings is 1. The quantitative estimate of drug-likeness (QED) is 0.599. The predicted octanol–water partition coefficient (Wildman–Crippen LogP) is 2.71. The van der Waals surface area contributed by atoms with E-state index in [0.29, 0.717) is 42.5 Å². The fourth-order valence-corrected chi connectivity index (χ4v) is 6.63. The number of ether oxygens (including phenoxy) is 1. The van der Waals surface area contributed by atoms with Gasteiger partial charge in [-0.05, 0) is 56.7 Å². The number of piperidine rings is 1. The Balaban J connectivity index is 1.68. The number of amides is 1. The minimum atomic E-state index is -3.86. The Morgan fingerprint density at radius 2 is 1.93 bits per heavy atom. The average Bonchev–Trinajstić information content (AvgIpc) is 3.47. The van der Waals surface area contributed by atoms with E-state index in [2.05, 4.69) is 15.9 Å². The zero-order valence-electron chi connectivity index (χ0n) is 16.4. The van der Waals surface area contributed by atoms with Gasteiger partial charge in [-0.25, -0.2) is 8.42 Å². The smallest absolute Gasteiger partial charge is 0.310 e. The highest BCUT2D eigenvalue weighted by Gasteiger charge is 2.41. The van der Waals surface area contributed by atoms with Gasteiger partial charge in [-0.1, -0.05) is 15.9 Å². The Labute approximate surface area is 179 Å². The standard InChI is InChI=1S/C20H25BrN2O5S/c1-2-28-20(25)15-4-3-8-22(12-15)29(26,27)17-11-16(21)10-14-7-9-23(18(14)17)19(24)13-5-6-13/h10-11,13,15H,2-9,12H2,1H3/t15-/m0/s1. The van der Waals surface area contributed by atoms with Gasteiger partial charge in [0, 0.05) is 30.0 Å². The zero-order chi connectivity index (χ0) is 20.8. The third-order valence-electron chi connectivity index (χ3n) is 5.81. The monoisotopic (exact) mass is 484 g/mol. The molecule has 0 aromatic heterocycles. The molecule has 1 saturated carbocycles. The third kappa shape index (κ3) is 3.96. The summed E-state index contributed by atoms with van der Waals surface area (Å²) in [7, 11) is -3.86. The van der Waals surface area contributed by atoms with Gasteiger partial charge in [-0.3, -0.25) is 9.59 Å². The molecule has 1 amide bonds. The van der Waals surface area contributed by atoms with Crippen LogP contribution in [0.3, 0.4) is 0 Å². The molecule has 2 fully saturated rings. The van der Waals surface area contributed by atoms with E-state index in [4.69, 9.17) is 4.74 Å². The first-order chi connectivity index (χ1) is 13.8. The molecule has 0 bridgehead atoms. The van der Waals surface area contributed by atoms with Crippen molar-refractivity contribution in [1.29, 1.82) is 0 Å². The molecule has 7 nitrogen and oxygen atoms in total. The van der Waals surface area contributed by atoms with Crippen LogP contribution in [0.1, 0.15) is 38.2 Å². The number of nitrogens with zero attached hydrogens (tertiary/aromatic N) is 2. The fraction of sp³-hybridized carbons (Fsp3) is 0.600. The molecule has 9 heteroatoms. The number of carbonyl (C=O) groups is 2. The van der Waals surface area contributed by atoms with Gasteiger partial charge in [-0.2, -0.15) is 4.31 Å². The van der Waals surface area contributed by atoms with Crippen LogP contribution in [0.4, 0.5) is 5.69 Å². The number of sulfonamides is 1. The molecule has 2 heterocycles. The Bertz CT molecular complexity index is 944.